The molecule has 1 aromatic carbocycles. The fourth-order valence-electron chi connectivity index (χ4n) is 1.81. The van der Waals surface area contributed by atoms with Crippen molar-refractivity contribution in [2.45, 2.75) is 18.0 Å². The van der Waals surface area contributed by atoms with Crippen molar-refractivity contribution in [2.75, 3.05) is 12.8 Å². The maximum atomic E-state index is 12.1. The van der Waals surface area contributed by atoms with Crippen LogP contribution in [-0.2, 0) is 27.9 Å². The van der Waals surface area contributed by atoms with Gasteiger partial charge in [0.1, 0.15) is 10.7 Å². The number of nitrogens with zero attached hydrogens (tertiary/aromatic N) is 1. The number of sulfonamides is 1. The van der Waals surface area contributed by atoms with Crippen LogP contribution < -0.4 is 10.5 Å². The SMILES string of the molecule is COCc1cccc(CNS(=O)(=O)c2ccc(N)nc2)c1. The van der Waals surface area contributed by atoms with E-state index in [4.69, 9.17) is 10.5 Å². The number of anilines is 1. The molecular formula is C14H17N3O3S. The summed E-state index contributed by atoms with van der Waals surface area (Å²) in [6.07, 6.45) is 1.24. The van der Waals surface area contributed by atoms with Crippen LogP contribution in [0.3, 0.4) is 0 Å². The maximum Gasteiger partial charge on any atom is 0.242 e. The molecule has 2 aromatic rings. The van der Waals surface area contributed by atoms with Gasteiger partial charge in [-0.15, -0.1) is 0 Å². The number of aromatic nitrogens is 1. The molecule has 7 heteroatoms. The predicted octanol–water partition coefficient (Wildman–Crippen LogP) is 1.29. The molecule has 0 unspecified atom stereocenters. The molecule has 0 atom stereocenters. The van der Waals surface area contributed by atoms with E-state index in [9.17, 15) is 8.42 Å². The number of nitrogens with one attached hydrogen (secondary N) is 1. The van der Waals surface area contributed by atoms with Crippen molar-refractivity contribution >= 4 is 15.8 Å². The summed E-state index contributed by atoms with van der Waals surface area (Å²) in [5.41, 5.74) is 7.29. The number of pyridine rings is 1. The quantitative estimate of drug-likeness (QED) is 0.838. The number of hydrogen-bond donors (Lipinski definition) is 2. The summed E-state index contributed by atoms with van der Waals surface area (Å²) < 4.78 is 31.8. The minimum Gasteiger partial charge on any atom is -0.384 e. The van der Waals surface area contributed by atoms with Crippen LogP contribution in [0.4, 0.5) is 5.82 Å². The molecule has 0 aliphatic carbocycles. The molecule has 0 saturated heterocycles. The number of ether oxygens (including phenoxy) is 1. The normalized spacial score (nSPS) is 11.5. The topological polar surface area (TPSA) is 94.3 Å². The Labute approximate surface area is 124 Å². The highest BCUT2D eigenvalue weighted by atomic mass is 32.2. The minimum atomic E-state index is -3.60. The lowest BCUT2D eigenvalue weighted by molar-refractivity contribution is 0.185. The first-order valence-electron chi connectivity index (χ1n) is 6.29. The molecular weight excluding hydrogens is 290 g/mol. The summed E-state index contributed by atoms with van der Waals surface area (Å²) in [5, 5.41) is 0. The van der Waals surface area contributed by atoms with Crippen LogP contribution in [0.2, 0.25) is 0 Å². The van der Waals surface area contributed by atoms with Crippen molar-refractivity contribution in [3.05, 3.63) is 53.7 Å². The Hall–Kier alpha value is -1.96. The van der Waals surface area contributed by atoms with E-state index < -0.39 is 10.0 Å². The first-order valence-corrected chi connectivity index (χ1v) is 7.77. The van der Waals surface area contributed by atoms with E-state index in [1.54, 1.807) is 7.11 Å². The summed E-state index contributed by atoms with van der Waals surface area (Å²) in [4.78, 5) is 3.87. The standard InChI is InChI=1S/C14H17N3O3S/c1-20-10-12-4-2-3-11(7-12)8-17-21(18,19)13-5-6-14(15)16-9-13/h2-7,9,17H,8,10H2,1H3,(H2,15,16). The lowest BCUT2D eigenvalue weighted by Crippen LogP contribution is -2.23. The van der Waals surface area contributed by atoms with Crippen molar-refractivity contribution in [2.24, 2.45) is 0 Å². The first kappa shape index (κ1) is 15.4. The summed E-state index contributed by atoms with van der Waals surface area (Å²) in [6.45, 7) is 0.687. The summed E-state index contributed by atoms with van der Waals surface area (Å²) in [7, 11) is -1.99. The number of hydrogen-bond acceptors (Lipinski definition) is 5. The Bertz CT molecular complexity index is 700. The van der Waals surface area contributed by atoms with Crippen LogP contribution >= 0.6 is 0 Å². The summed E-state index contributed by atoms with van der Waals surface area (Å²) >= 11 is 0. The zero-order chi connectivity index (χ0) is 15.3. The third kappa shape index (κ3) is 4.25. The Kier molecular flexibility index (Phi) is 4.89. The van der Waals surface area contributed by atoms with Crippen LogP contribution in [0.5, 0.6) is 0 Å². The average molecular weight is 307 g/mol. The van der Waals surface area contributed by atoms with Gasteiger partial charge in [-0.3, -0.25) is 0 Å². The number of nitrogen functional groups attached to an aromatic ring is 1. The molecule has 0 fully saturated rings. The number of nitrogens with two attached hydrogens (primary N) is 1. The largest absolute Gasteiger partial charge is 0.384 e. The fraction of sp³-hybridized carbons (Fsp3) is 0.214. The van der Waals surface area contributed by atoms with Crippen molar-refractivity contribution in [1.29, 1.82) is 0 Å². The highest BCUT2D eigenvalue weighted by Crippen LogP contribution is 2.11. The van der Waals surface area contributed by atoms with E-state index in [0.717, 1.165) is 11.1 Å². The van der Waals surface area contributed by atoms with E-state index >= 15 is 0 Å². The minimum absolute atomic E-state index is 0.0877. The number of methoxy groups -OCH3 is 1. The van der Waals surface area contributed by atoms with Crippen LogP contribution in [0.25, 0.3) is 0 Å². The molecule has 3 N–H and O–H groups in total. The zero-order valence-electron chi connectivity index (χ0n) is 11.6. The molecule has 0 bridgehead atoms. The van der Waals surface area contributed by atoms with Gasteiger partial charge in [0.05, 0.1) is 6.61 Å². The van der Waals surface area contributed by atoms with Crippen LogP contribution in [-0.4, -0.2) is 20.5 Å². The van der Waals surface area contributed by atoms with Gasteiger partial charge in [-0.2, -0.15) is 0 Å². The first-order chi connectivity index (χ1) is 10.0. The van der Waals surface area contributed by atoms with E-state index in [1.807, 2.05) is 24.3 Å². The molecule has 0 saturated carbocycles. The monoisotopic (exact) mass is 307 g/mol. The lowest BCUT2D eigenvalue weighted by atomic mass is 10.1. The lowest BCUT2D eigenvalue weighted by Gasteiger charge is -2.08. The molecule has 0 amide bonds. The second-order valence-corrected chi connectivity index (χ2v) is 6.26. The molecule has 0 aliphatic heterocycles. The predicted molar refractivity (Wildman–Crippen MR) is 79.8 cm³/mol. The Morgan fingerprint density at radius 1 is 1.24 bits per heavy atom. The Morgan fingerprint density at radius 2 is 2.00 bits per heavy atom. The Balaban J connectivity index is 2.08. The summed E-state index contributed by atoms with van der Waals surface area (Å²) in [6, 6.07) is 10.4. The third-order valence-corrected chi connectivity index (χ3v) is 4.22. The third-order valence-electron chi connectivity index (χ3n) is 2.84. The number of benzene rings is 1. The molecule has 1 aromatic heterocycles. The molecule has 0 spiro atoms. The van der Waals surface area contributed by atoms with Gasteiger partial charge in [0.2, 0.25) is 10.0 Å². The maximum absolute atomic E-state index is 12.1. The zero-order valence-corrected chi connectivity index (χ0v) is 12.4. The molecule has 112 valence electrons. The van der Waals surface area contributed by atoms with Crippen LogP contribution in [0, 0.1) is 0 Å². The van der Waals surface area contributed by atoms with Gasteiger partial charge in [-0.1, -0.05) is 24.3 Å². The fourth-order valence-corrected chi connectivity index (χ4v) is 2.77. The second kappa shape index (κ2) is 6.66. The molecule has 6 nitrogen and oxygen atoms in total. The van der Waals surface area contributed by atoms with Crippen molar-refractivity contribution < 1.29 is 13.2 Å². The van der Waals surface area contributed by atoms with Gasteiger partial charge in [0.15, 0.2) is 0 Å². The van der Waals surface area contributed by atoms with E-state index in [2.05, 4.69) is 9.71 Å². The van der Waals surface area contributed by atoms with Crippen molar-refractivity contribution in [3.63, 3.8) is 0 Å². The molecule has 21 heavy (non-hydrogen) atoms. The molecule has 0 radical (unpaired) electrons. The van der Waals surface area contributed by atoms with Gasteiger partial charge in [-0.05, 0) is 23.3 Å². The van der Waals surface area contributed by atoms with Gasteiger partial charge in [0, 0.05) is 19.9 Å². The average Bonchev–Trinajstić information content (AvgIpc) is 2.47. The van der Waals surface area contributed by atoms with Gasteiger partial charge in [0.25, 0.3) is 0 Å². The van der Waals surface area contributed by atoms with E-state index in [-0.39, 0.29) is 17.3 Å². The Morgan fingerprint density at radius 3 is 2.67 bits per heavy atom. The highest BCUT2D eigenvalue weighted by molar-refractivity contribution is 7.89. The molecule has 0 aliphatic rings. The van der Waals surface area contributed by atoms with Gasteiger partial charge in [-0.25, -0.2) is 18.1 Å². The van der Waals surface area contributed by atoms with Crippen molar-refractivity contribution in [1.82, 2.24) is 9.71 Å². The second-order valence-electron chi connectivity index (χ2n) is 4.50. The summed E-state index contributed by atoms with van der Waals surface area (Å²) in [5.74, 6) is 0.279. The number of rotatable bonds is 6. The van der Waals surface area contributed by atoms with Crippen molar-refractivity contribution in [3.8, 4) is 0 Å². The van der Waals surface area contributed by atoms with Crippen LogP contribution in [0.15, 0.2) is 47.5 Å². The highest BCUT2D eigenvalue weighted by Gasteiger charge is 2.13. The van der Waals surface area contributed by atoms with E-state index in [0.29, 0.717) is 6.61 Å². The molecule has 1 heterocycles. The van der Waals surface area contributed by atoms with Gasteiger partial charge >= 0.3 is 0 Å². The van der Waals surface area contributed by atoms with Gasteiger partial charge < -0.3 is 10.5 Å². The van der Waals surface area contributed by atoms with E-state index in [1.165, 1.54) is 18.3 Å². The smallest absolute Gasteiger partial charge is 0.242 e. The molecule has 2 rings (SSSR count). The van der Waals surface area contributed by atoms with Crippen LogP contribution in [0.1, 0.15) is 11.1 Å².